The smallest absolute Gasteiger partial charge is 0.231 e. The molecule has 0 spiro atoms. The quantitative estimate of drug-likeness (QED) is 0.872. The van der Waals surface area contributed by atoms with E-state index in [1.54, 1.807) is 23.8 Å². The molecule has 2 amide bonds. The van der Waals surface area contributed by atoms with E-state index in [-0.39, 0.29) is 11.8 Å². The summed E-state index contributed by atoms with van der Waals surface area (Å²) in [5.41, 5.74) is 2.52. The molecule has 5 heteroatoms. The second-order valence-electron chi connectivity index (χ2n) is 5.73. The fourth-order valence-electron chi connectivity index (χ4n) is 2.96. The molecular formula is C19H20N2O3. The van der Waals surface area contributed by atoms with Crippen molar-refractivity contribution in [3.8, 4) is 5.75 Å². The summed E-state index contributed by atoms with van der Waals surface area (Å²) in [4.78, 5) is 28.0. The number of benzene rings is 2. The summed E-state index contributed by atoms with van der Waals surface area (Å²) in [6, 6.07) is 15.0. The third-order valence-corrected chi connectivity index (χ3v) is 4.21. The van der Waals surface area contributed by atoms with Crippen LogP contribution in [0.25, 0.3) is 0 Å². The van der Waals surface area contributed by atoms with Gasteiger partial charge in [0.1, 0.15) is 5.75 Å². The molecule has 0 saturated heterocycles. The van der Waals surface area contributed by atoms with E-state index in [2.05, 4.69) is 0 Å². The number of carbonyl (C=O) groups is 2. The molecule has 1 heterocycles. The van der Waals surface area contributed by atoms with E-state index in [1.165, 1.54) is 0 Å². The van der Waals surface area contributed by atoms with Gasteiger partial charge in [-0.1, -0.05) is 24.3 Å². The van der Waals surface area contributed by atoms with Crippen molar-refractivity contribution in [2.45, 2.75) is 13.3 Å². The van der Waals surface area contributed by atoms with Crippen molar-refractivity contribution in [1.29, 1.82) is 0 Å². The SMILES string of the molecule is COc1ccc(CC(=O)N2CCN(C(C)=O)c3ccccc32)cc1. The summed E-state index contributed by atoms with van der Waals surface area (Å²) in [5, 5.41) is 0. The predicted molar refractivity (Wildman–Crippen MR) is 93.5 cm³/mol. The summed E-state index contributed by atoms with van der Waals surface area (Å²) in [6.45, 7) is 2.57. The Morgan fingerprint density at radius 3 is 2.12 bits per heavy atom. The van der Waals surface area contributed by atoms with Gasteiger partial charge in [0, 0.05) is 20.0 Å². The van der Waals surface area contributed by atoms with Gasteiger partial charge in [0.05, 0.1) is 24.9 Å². The minimum absolute atomic E-state index is 0.00953. The molecule has 0 aromatic heterocycles. The second kappa shape index (κ2) is 6.74. The zero-order valence-electron chi connectivity index (χ0n) is 13.9. The first kappa shape index (κ1) is 16.1. The lowest BCUT2D eigenvalue weighted by atomic mass is 10.1. The molecule has 3 rings (SSSR count). The van der Waals surface area contributed by atoms with Gasteiger partial charge in [-0.3, -0.25) is 9.59 Å². The number of amides is 2. The molecule has 0 saturated carbocycles. The third-order valence-electron chi connectivity index (χ3n) is 4.21. The first-order valence-electron chi connectivity index (χ1n) is 7.90. The number of carbonyl (C=O) groups excluding carboxylic acids is 2. The number of rotatable bonds is 3. The second-order valence-corrected chi connectivity index (χ2v) is 5.73. The van der Waals surface area contributed by atoms with Crippen LogP contribution in [0.3, 0.4) is 0 Å². The van der Waals surface area contributed by atoms with Crippen molar-refractivity contribution in [2.75, 3.05) is 30.0 Å². The number of fused-ring (bicyclic) bond motifs is 1. The maximum atomic E-state index is 12.8. The third kappa shape index (κ3) is 3.11. The molecule has 2 aromatic rings. The number of hydrogen-bond donors (Lipinski definition) is 0. The first-order chi connectivity index (χ1) is 11.6. The van der Waals surface area contributed by atoms with Crippen LogP contribution in [0.2, 0.25) is 0 Å². The fourth-order valence-corrected chi connectivity index (χ4v) is 2.96. The maximum absolute atomic E-state index is 12.8. The molecule has 24 heavy (non-hydrogen) atoms. The normalized spacial score (nSPS) is 13.4. The lowest BCUT2D eigenvalue weighted by Crippen LogP contribution is -2.46. The van der Waals surface area contributed by atoms with Crippen LogP contribution in [0, 0.1) is 0 Å². The van der Waals surface area contributed by atoms with E-state index in [4.69, 9.17) is 4.74 Å². The van der Waals surface area contributed by atoms with Crippen molar-refractivity contribution in [3.05, 3.63) is 54.1 Å². The van der Waals surface area contributed by atoms with Gasteiger partial charge in [0.2, 0.25) is 11.8 Å². The van der Waals surface area contributed by atoms with E-state index >= 15 is 0 Å². The molecule has 0 bridgehead atoms. The summed E-state index contributed by atoms with van der Waals surface area (Å²) in [7, 11) is 1.62. The number of nitrogens with zero attached hydrogens (tertiary/aromatic N) is 2. The Morgan fingerprint density at radius 1 is 0.958 bits per heavy atom. The average Bonchev–Trinajstić information content (AvgIpc) is 2.61. The highest BCUT2D eigenvalue weighted by Gasteiger charge is 2.28. The summed E-state index contributed by atoms with van der Waals surface area (Å²) < 4.78 is 5.14. The molecule has 2 aromatic carbocycles. The highest BCUT2D eigenvalue weighted by Crippen LogP contribution is 2.33. The molecule has 0 aliphatic carbocycles. The Morgan fingerprint density at radius 2 is 1.54 bits per heavy atom. The Bertz CT molecular complexity index is 755. The van der Waals surface area contributed by atoms with Crippen LogP contribution in [0.1, 0.15) is 12.5 Å². The van der Waals surface area contributed by atoms with E-state index in [0.717, 1.165) is 22.7 Å². The van der Waals surface area contributed by atoms with E-state index in [9.17, 15) is 9.59 Å². The van der Waals surface area contributed by atoms with Gasteiger partial charge in [0.15, 0.2) is 0 Å². The Kier molecular flexibility index (Phi) is 4.51. The van der Waals surface area contributed by atoms with Crippen LogP contribution in [0.5, 0.6) is 5.75 Å². The standard InChI is InChI=1S/C19H20N2O3/c1-14(22)20-11-12-21(18-6-4-3-5-17(18)20)19(23)13-15-7-9-16(24-2)10-8-15/h3-10H,11-13H2,1-2H3. The average molecular weight is 324 g/mol. The van der Waals surface area contributed by atoms with Crippen LogP contribution >= 0.6 is 0 Å². The van der Waals surface area contributed by atoms with Gasteiger partial charge in [-0.2, -0.15) is 0 Å². The molecule has 0 atom stereocenters. The lowest BCUT2D eigenvalue weighted by Gasteiger charge is -2.36. The van der Waals surface area contributed by atoms with Gasteiger partial charge >= 0.3 is 0 Å². The first-order valence-corrected chi connectivity index (χ1v) is 7.90. The molecule has 0 unspecified atom stereocenters. The van der Waals surface area contributed by atoms with Crippen molar-refractivity contribution in [3.63, 3.8) is 0 Å². The van der Waals surface area contributed by atoms with Crippen LogP contribution in [0.15, 0.2) is 48.5 Å². The molecule has 1 aliphatic rings. The molecule has 0 N–H and O–H groups in total. The van der Waals surface area contributed by atoms with Crippen LogP contribution in [0.4, 0.5) is 11.4 Å². The molecule has 5 nitrogen and oxygen atoms in total. The Labute approximate surface area is 141 Å². The maximum Gasteiger partial charge on any atom is 0.231 e. The van der Waals surface area contributed by atoms with E-state index in [1.807, 2.05) is 48.5 Å². The van der Waals surface area contributed by atoms with Gasteiger partial charge in [-0.15, -0.1) is 0 Å². The molecule has 1 aliphatic heterocycles. The van der Waals surface area contributed by atoms with Crippen LogP contribution in [-0.2, 0) is 16.0 Å². The zero-order chi connectivity index (χ0) is 17.1. The van der Waals surface area contributed by atoms with Crippen LogP contribution in [-0.4, -0.2) is 32.0 Å². The summed E-state index contributed by atoms with van der Waals surface area (Å²) in [5.74, 6) is 0.784. The van der Waals surface area contributed by atoms with Gasteiger partial charge in [-0.25, -0.2) is 0 Å². The topological polar surface area (TPSA) is 49.9 Å². The predicted octanol–water partition coefficient (Wildman–Crippen LogP) is 2.64. The largest absolute Gasteiger partial charge is 0.497 e. The van der Waals surface area contributed by atoms with E-state index in [0.29, 0.717) is 19.5 Å². The molecule has 0 fully saturated rings. The Balaban J connectivity index is 1.82. The highest BCUT2D eigenvalue weighted by molar-refractivity contribution is 6.03. The van der Waals surface area contributed by atoms with Crippen molar-refractivity contribution in [1.82, 2.24) is 0 Å². The van der Waals surface area contributed by atoms with Crippen LogP contribution < -0.4 is 14.5 Å². The monoisotopic (exact) mass is 324 g/mol. The summed E-state index contributed by atoms with van der Waals surface area (Å²) >= 11 is 0. The number of ether oxygens (including phenoxy) is 1. The molecular weight excluding hydrogens is 304 g/mol. The minimum Gasteiger partial charge on any atom is -0.497 e. The van der Waals surface area contributed by atoms with E-state index < -0.39 is 0 Å². The highest BCUT2D eigenvalue weighted by atomic mass is 16.5. The number of para-hydroxylation sites is 2. The lowest BCUT2D eigenvalue weighted by molar-refractivity contribution is -0.119. The van der Waals surface area contributed by atoms with Crippen molar-refractivity contribution < 1.29 is 14.3 Å². The number of anilines is 2. The van der Waals surface area contributed by atoms with Gasteiger partial charge in [0.25, 0.3) is 0 Å². The molecule has 0 radical (unpaired) electrons. The fraction of sp³-hybridized carbons (Fsp3) is 0.263. The van der Waals surface area contributed by atoms with Crippen molar-refractivity contribution >= 4 is 23.2 Å². The Hall–Kier alpha value is -2.82. The van der Waals surface area contributed by atoms with Gasteiger partial charge < -0.3 is 14.5 Å². The zero-order valence-corrected chi connectivity index (χ0v) is 13.9. The van der Waals surface area contributed by atoms with Crippen molar-refractivity contribution in [2.24, 2.45) is 0 Å². The number of methoxy groups -OCH3 is 1. The number of hydrogen-bond acceptors (Lipinski definition) is 3. The van der Waals surface area contributed by atoms with Gasteiger partial charge in [-0.05, 0) is 29.8 Å². The summed E-state index contributed by atoms with van der Waals surface area (Å²) in [6.07, 6.45) is 0.318. The minimum atomic E-state index is -0.00953. The molecule has 124 valence electrons.